The fraction of sp³-hybridized carbons (Fsp3) is 0.421. The highest BCUT2D eigenvalue weighted by Crippen LogP contribution is 2.29. The van der Waals surface area contributed by atoms with Crippen LogP contribution in [-0.4, -0.2) is 41.7 Å². The quantitative estimate of drug-likeness (QED) is 0.938. The average Bonchev–Trinajstić information content (AvgIpc) is 2.60. The molecule has 23 heavy (non-hydrogen) atoms. The van der Waals surface area contributed by atoms with Crippen molar-refractivity contribution in [2.45, 2.75) is 32.3 Å². The third-order valence-corrected chi connectivity index (χ3v) is 4.50. The minimum atomic E-state index is -0.134. The van der Waals surface area contributed by atoms with Gasteiger partial charge in [0.15, 0.2) is 0 Å². The third-order valence-electron chi connectivity index (χ3n) is 4.50. The monoisotopic (exact) mass is 313 g/mol. The Bertz CT molecular complexity index is 692. The second kappa shape index (κ2) is 7.01. The zero-order valence-electron chi connectivity index (χ0n) is 13.5. The van der Waals surface area contributed by atoms with Gasteiger partial charge in [-0.3, -0.25) is 4.79 Å². The van der Waals surface area contributed by atoms with Gasteiger partial charge in [0.2, 0.25) is 0 Å². The Morgan fingerprint density at radius 1 is 1.26 bits per heavy atom. The lowest BCUT2D eigenvalue weighted by Crippen LogP contribution is -2.39. The maximum Gasteiger partial charge on any atom is 0.257 e. The van der Waals surface area contributed by atoms with Crippen molar-refractivity contribution in [3.63, 3.8) is 0 Å². The first kappa shape index (κ1) is 15.8. The average molecular weight is 313 g/mol. The molecule has 0 spiro atoms. The molecule has 1 atom stereocenters. The predicted molar refractivity (Wildman–Crippen MR) is 90.8 cm³/mol. The number of carbonyl (C=O) groups excluding carboxylic acids is 1. The maximum atomic E-state index is 12.8. The van der Waals surface area contributed by atoms with Crippen molar-refractivity contribution in [3.8, 4) is 5.75 Å². The molecule has 1 amide bonds. The van der Waals surface area contributed by atoms with E-state index in [0.717, 1.165) is 31.3 Å². The van der Waals surface area contributed by atoms with Gasteiger partial charge >= 0.3 is 0 Å². The van der Waals surface area contributed by atoms with Gasteiger partial charge in [0.05, 0.1) is 11.7 Å². The second-order valence-electron chi connectivity index (χ2n) is 6.02. The molecule has 0 unspecified atom stereocenters. The van der Waals surface area contributed by atoms with E-state index in [2.05, 4.69) is 0 Å². The third kappa shape index (κ3) is 3.32. The van der Waals surface area contributed by atoms with Crippen molar-refractivity contribution in [2.75, 3.05) is 19.7 Å². The molecule has 1 heterocycles. The molecule has 4 heteroatoms. The van der Waals surface area contributed by atoms with Gasteiger partial charge in [-0.2, -0.15) is 0 Å². The molecule has 0 aromatic heterocycles. The van der Waals surface area contributed by atoms with Crippen molar-refractivity contribution in [2.24, 2.45) is 0 Å². The Labute approximate surface area is 136 Å². The van der Waals surface area contributed by atoms with Crippen LogP contribution in [0.1, 0.15) is 36.5 Å². The Morgan fingerprint density at radius 3 is 2.83 bits per heavy atom. The molecule has 0 aliphatic carbocycles. The van der Waals surface area contributed by atoms with Gasteiger partial charge < -0.3 is 14.7 Å². The second-order valence-corrected chi connectivity index (χ2v) is 6.02. The van der Waals surface area contributed by atoms with Crippen LogP contribution in [0, 0.1) is 0 Å². The number of aromatic hydroxyl groups is 1. The van der Waals surface area contributed by atoms with Gasteiger partial charge in [-0.05, 0) is 37.6 Å². The van der Waals surface area contributed by atoms with Gasteiger partial charge in [0, 0.05) is 25.1 Å². The van der Waals surface area contributed by atoms with E-state index in [9.17, 15) is 9.90 Å². The molecule has 1 fully saturated rings. The van der Waals surface area contributed by atoms with E-state index in [1.807, 2.05) is 37.3 Å². The van der Waals surface area contributed by atoms with Gasteiger partial charge in [-0.15, -0.1) is 0 Å². The number of benzene rings is 2. The smallest absolute Gasteiger partial charge is 0.257 e. The summed E-state index contributed by atoms with van der Waals surface area (Å²) in [5.41, 5.74) is 0.362. The van der Waals surface area contributed by atoms with Crippen LogP contribution in [0.15, 0.2) is 36.4 Å². The number of nitrogens with zero attached hydrogens (tertiary/aromatic N) is 1. The summed E-state index contributed by atoms with van der Waals surface area (Å²) in [5.74, 6) is -0.0685. The number of likely N-dealkylation sites (N-methyl/N-ethyl adjacent to an activating group) is 1. The Balaban J connectivity index is 1.84. The predicted octanol–water partition coefficient (Wildman–Crippen LogP) is 3.58. The van der Waals surface area contributed by atoms with E-state index in [4.69, 9.17) is 4.74 Å². The minimum Gasteiger partial charge on any atom is -0.506 e. The molecule has 1 aliphatic rings. The van der Waals surface area contributed by atoms with E-state index >= 15 is 0 Å². The molecule has 3 rings (SSSR count). The fourth-order valence-electron chi connectivity index (χ4n) is 3.15. The van der Waals surface area contributed by atoms with Crippen molar-refractivity contribution < 1.29 is 14.6 Å². The number of phenols is 1. The van der Waals surface area contributed by atoms with E-state index in [1.165, 1.54) is 0 Å². The number of rotatable bonds is 4. The van der Waals surface area contributed by atoms with E-state index < -0.39 is 0 Å². The Kier molecular flexibility index (Phi) is 4.82. The highest BCUT2D eigenvalue weighted by atomic mass is 16.5. The molecule has 4 nitrogen and oxygen atoms in total. The molecule has 1 N–H and O–H groups in total. The van der Waals surface area contributed by atoms with Crippen LogP contribution in [0.3, 0.4) is 0 Å². The summed E-state index contributed by atoms with van der Waals surface area (Å²) in [4.78, 5) is 14.6. The largest absolute Gasteiger partial charge is 0.506 e. The van der Waals surface area contributed by atoms with Gasteiger partial charge in [-0.25, -0.2) is 0 Å². The summed E-state index contributed by atoms with van der Waals surface area (Å²) < 4.78 is 5.74. The van der Waals surface area contributed by atoms with Crippen molar-refractivity contribution in [1.82, 2.24) is 4.90 Å². The first-order valence-electron chi connectivity index (χ1n) is 8.32. The lowest BCUT2D eigenvalue weighted by atomic mass is 10.0. The lowest BCUT2D eigenvalue weighted by molar-refractivity contribution is -0.00316. The number of ether oxygens (including phenoxy) is 1. The summed E-state index contributed by atoms with van der Waals surface area (Å²) in [6.07, 6.45) is 3.35. The summed E-state index contributed by atoms with van der Waals surface area (Å²) in [5, 5.41) is 12.1. The summed E-state index contributed by atoms with van der Waals surface area (Å²) in [7, 11) is 0. The normalized spacial score (nSPS) is 18.0. The summed E-state index contributed by atoms with van der Waals surface area (Å²) in [6, 6.07) is 11.1. The highest BCUT2D eigenvalue weighted by molar-refractivity contribution is 6.03. The number of carbonyl (C=O) groups is 1. The molecule has 1 aliphatic heterocycles. The topological polar surface area (TPSA) is 49.8 Å². The van der Waals surface area contributed by atoms with Crippen LogP contribution in [0.5, 0.6) is 5.75 Å². The fourth-order valence-corrected chi connectivity index (χ4v) is 3.15. The number of amides is 1. The van der Waals surface area contributed by atoms with Gasteiger partial charge in [0.25, 0.3) is 5.91 Å². The number of hydrogen-bond donors (Lipinski definition) is 1. The van der Waals surface area contributed by atoms with Crippen LogP contribution in [0.4, 0.5) is 0 Å². The molecule has 122 valence electrons. The number of fused-ring (bicyclic) bond motifs is 1. The van der Waals surface area contributed by atoms with E-state index in [-0.39, 0.29) is 17.8 Å². The zero-order chi connectivity index (χ0) is 16.2. The maximum absolute atomic E-state index is 12.8. The van der Waals surface area contributed by atoms with E-state index in [0.29, 0.717) is 24.0 Å². The minimum absolute atomic E-state index is 0.0658. The molecule has 0 saturated carbocycles. The Morgan fingerprint density at radius 2 is 2.09 bits per heavy atom. The lowest BCUT2D eigenvalue weighted by Gasteiger charge is -2.29. The highest BCUT2D eigenvalue weighted by Gasteiger charge is 2.23. The molecule has 0 radical (unpaired) electrons. The molecule has 2 aromatic rings. The van der Waals surface area contributed by atoms with Crippen LogP contribution in [-0.2, 0) is 4.74 Å². The van der Waals surface area contributed by atoms with Crippen molar-refractivity contribution in [1.29, 1.82) is 0 Å². The number of phenolic OH excluding ortho intramolecular Hbond substituents is 1. The van der Waals surface area contributed by atoms with Gasteiger partial charge in [-0.1, -0.05) is 30.3 Å². The van der Waals surface area contributed by atoms with E-state index in [1.54, 1.807) is 11.0 Å². The van der Waals surface area contributed by atoms with Crippen molar-refractivity contribution in [3.05, 3.63) is 42.0 Å². The molecule has 2 aromatic carbocycles. The standard InChI is InChI=1S/C19H23NO3/c1-2-20(13-15-8-5-6-12-23-15)19(22)17-11-10-14-7-3-4-9-16(14)18(17)21/h3-4,7,9-11,15,21H,2,5-6,8,12-13H2,1H3/t15-/m1/s1. The SMILES string of the molecule is CCN(C[C@H]1CCCCO1)C(=O)c1ccc2ccccc2c1O. The van der Waals surface area contributed by atoms with Crippen LogP contribution >= 0.6 is 0 Å². The van der Waals surface area contributed by atoms with Crippen molar-refractivity contribution >= 4 is 16.7 Å². The zero-order valence-corrected chi connectivity index (χ0v) is 13.5. The first-order chi connectivity index (χ1) is 11.2. The summed E-state index contributed by atoms with van der Waals surface area (Å²) >= 11 is 0. The van der Waals surface area contributed by atoms with Crippen LogP contribution < -0.4 is 0 Å². The number of hydrogen-bond acceptors (Lipinski definition) is 3. The van der Waals surface area contributed by atoms with Crippen LogP contribution in [0.2, 0.25) is 0 Å². The van der Waals surface area contributed by atoms with Gasteiger partial charge in [0.1, 0.15) is 5.75 Å². The first-order valence-corrected chi connectivity index (χ1v) is 8.32. The molecule has 1 saturated heterocycles. The summed E-state index contributed by atoms with van der Waals surface area (Å²) in [6.45, 7) is 3.92. The van der Waals surface area contributed by atoms with Crippen LogP contribution in [0.25, 0.3) is 10.8 Å². The Hall–Kier alpha value is -2.07. The molecule has 0 bridgehead atoms. The molecular weight excluding hydrogens is 290 g/mol. The molecular formula is C19H23NO3.